The maximum Gasteiger partial charge on any atom is 0.434 e. The van der Waals surface area contributed by atoms with Crippen molar-refractivity contribution in [1.82, 2.24) is 15.0 Å². The lowest BCUT2D eigenvalue weighted by Crippen LogP contribution is -2.37. The molecule has 0 bridgehead atoms. The summed E-state index contributed by atoms with van der Waals surface area (Å²) < 4.78 is 38.6. The number of hydrogen-bond acceptors (Lipinski definition) is 6. The van der Waals surface area contributed by atoms with E-state index in [-0.39, 0.29) is 5.92 Å². The van der Waals surface area contributed by atoms with Gasteiger partial charge in [-0.15, -0.1) is 11.3 Å². The SMILES string of the molecule is CC1CCCN(c2cc(N3CCCC(c4nc(C(F)(F)F)cs4)C3)ncn2)C1. The first-order valence-corrected chi connectivity index (χ1v) is 10.6. The highest BCUT2D eigenvalue weighted by Gasteiger charge is 2.35. The second-order valence-corrected chi connectivity index (χ2v) is 8.67. The fourth-order valence-electron chi connectivity index (χ4n) is 4.07. The van der Waals surface area contributed by atoms with Crippen molar-refractivity contribution in [2.45, 2.75) is 44.7 Å². The Morgan fingerprint density at radius 2 is 1.71 bits per heavy atom. The summed E-state index contributed by atoms with van der Waals surface area (Å²) in [4.78, 5) is 17.2. The summed E-state index contributed by atoms with van der Waals surface area (Å²) in [5, 5.41) is 1.69. The lowest BCUT2D eigenvalue weighted by Gasteiger charge is -2.34. The molecule has 0 radical (unpaired) electrons. The molecule has 2 aromatic heterocycles. The summed E-state index contributed by atoms with van der Waals surface area (Å²) in [6.45, 7) is 5.74. The average molecular weight is 411 g/mol. The maximum atomic E-state index is 12.9. The fourth-order valence-corrected chi connectivity index (χ4v) is 5.03. The Kier molecular flexibility index (Phi) is 5.44. The van der Waals surface area contributed by atoms with Crippen molar-refractivity contribution in [1.29, 1.82) is 0 Å². The number of halogens is 3. The molecule has 28 heavy (non-hydrogen) atoms. The van der Waals surface area contributed by atoms with E-state index in [0.29, 0.717) is 17.5 Å². The van der Waals surface area contributed by atoms with Gasteiger partial charge in [0.15, 0.2) is 5.69 Å². The van der Waals surface area contributed by atoms with E-state index < -0.39 is 11.9 Å². The van der Waals surface area contributed by atoms with Gasteiger partial charge in [-0.1, -0.05) is 6.92 Å². The average Bonchev–Trinajstić information content (AvgIpc) is 3.19. The van der Waals surface area contributed by atoms with E-state index in [4.69, 9.17) is 0 Å². The van der Waals surface area contributed by atoms with Crippen LogP contribution >= 0.6 is 11.3 Å². The second-order valence-electron chi connectivity index (χ2n) is 7.78. The number of rotatable bonds is 3. The Morgan fingerprint density at radius 1 is 1.04 bits per heavy atom. The van der Waals surface area contributed by atoms with Crippen LogP contribution in [0.5, 0.6) is 0 Å². The molecular weight excluding hydrogens is 387 g/mol. The largest absolute Gasteiger partial charge is 0.434 e. The highest BCUT2D eigenvalue weighted by molar-refractivity contribution is 7.09. The van der Waals surface area contributed by atoms with Crippen LogP contribution < -0.4 is 9.80 Å². The number of alkyl halides is 3. The van der Waals surface area contributed by atoms with Crippen LogP contribution in [-0.2, 0) is 6.18 Å². The van der Waals surface area contributed by atoms with Crippen molar-refractivity contribution >= 4 is 23.0 Å². The molecule has 2 unspecified atom stereocenters. The molecule has 4 rings (SSSR count). The van der Waals surface area contributed by atoms with Gasteiger partial charge in [0.25, 0.3) is 0 Å². The zero-order chi connectivity index (χ0) is 19.7. The van der Waals surface area contributed by atoms with Gasteiger partial charge in [0.1, 0.15) is 18.0 Å². The number of anilines is 2. The standard InChI is InChI=1S/C19H24F3N5S/c1-13-4-2-6-26(9-13)16-8-17(24-12-23-16)27-7-3-5-14(10-27)18-25-15(11-28-18)19(20,21)22/h8,11-14H,2-7,9-10H2,1H3. The van der Waals surface area contributed by atoms with Gasteiger partial charge >= 0.3 is 6.18 Å². The van der Waals surface area contributed by atoms with Crippen molar-refractivity contribution in [3.8, 4) is 0 Å². The molecule has 5 nitrogen and oxygen atoms in total. The third-order valence-electron chi connectivity index (χ3n) is 5.53. The summed E-state index contributed by atoms with van der Waals surface area (Å²) >= 11 is 1.11. The van der Waals surface area contributed by atoms with E-state index >= 15 is 0 Å². The molecule has 9 heteroatoms. The Hall–Kier alpha value is -1.90. The normalized spacial score (nSPS) is 23.9. The third kappa shape index (κ3) is 4.24. The predicted octanol–water partition coefficient (Wildman–Crippen LogP) is 4.57. The van der Waals surface area contributed by atoms with E-state index in [1.54, 1.807) is 6.33 Å². The predicted molar refractivity (Wildman–Crippen MR) is 104 cm³/mol. The van der Waals surface area contributed by atoms with Crippen LogP contribution in [-0.4, -0.2) is 41.1 Å². The van der Waals surface area contributed by atoms with Crippen LogP contribution in [0.25, 0.3) is 0 Å². The number of nitrogens with zero attached hydrogens (tertiary/aromatic N) is 5. The van der Waals surface area contributed by atoms with E-state index in [9.17, 15) is 13.2 Å². The van der Waals surface area contributed by atoms with Gasteiger partial charge in [0.05, 0.1) is 5.01 Å². The first-order chi connectivity index (χ1) is 13.4. The molecule has 2 saturated heterocycles. The molecule has 0 saturated carbocycles. The van der Waals surface area contributed by atoms with E-state index in [2.05, 4.69) is 31.7 Å². The van der Waals surface area contributed by atoms with Crippen molar-refractivity contribution in [3.63, 3.8) is 0 Å². The number of aromatic nitrogens is 3. The van der Waals surface area contributed by atoms with Gasteiger partial charge < -0.3 is 9.80 Å². The van der Waals surface area contributed by atoms with Crippen molar-refractivity contribution in [2.75, 3.05) is 36.0 Å². The van der Waals surface area contributed by atoms with Gasteiger partial charge in [-0.25, -0.2) is 15.0 Å². The van der Waals surface area contributed by atoms with Gasteiger partial charge in [0, 0.05) is 43.5 Å². The van der Waals surface area contributed by atoms with Crippen molar-refractivity contribution < 1.29 is 13.2 Å². The van der Waals surface area contributed by atoms with Crippen LogP contribution in [0, 0.1) is 5.92 Å². The highest BCUT2D eigenvalue weighted by atomic mass is 32.1. The number of thiazole rings is 1. The third-order valence-corrected chi connectivity index (χ3v) is 6.53. The van der Waals surface area contributed by atoms with E-state index in [1.165, 1.54) is 6.42 Å². The first-order valence-electron chi connectivity index (χ1n) is 9.74. The van der Waals surface area contributed by atoms with Crippen LogP contribution in [0.1, 0.15) is 49.2 Å². The molecule has 0 aromatic carbocycles. The number of hydrogen-bond donors (Lipinski definition) is 0. The second kappa shape index (κ2) is 7.85. The Labute approximate surface area is 166 Å². The summed E-state index contributed by atoms with van der Waals surface area (Å²) in [5.74, 6) is 2.44. The van der Waals surface area contributed by atoms with E-state index in [0.717, 1.165) is 67.2 Å². The Bertz CT molecular complexity index is 809. The fraction of sp³-hybridized carbons (Fsp3) is 0.632. The molecule has 0 amide bonds. The zero-order valence-corrected chi connectivity index (χ0v) is 16.6. The minimum absolute atomic E-state index is 0.00303. The molecule has 2 aliphatic heterocycles. The van der Waals surface area contributed by atoms with Gasteiger partial charge in [0.2, 0.25) is 0 Å². The molecule has 4 heterocycles. The van der Waals surface area contributed by atoms with E-state index in [1.807, 2.05) is 6.07 Å². The Morgan fingerprint density at radius 3 is 2.36 bits per heavy atom. The summed E-state index contributed by atoms with van der Waals surface area (Å²) in [6.07, 6.45) is 1.39. The molecular formula is C19H24F3N5S. The molecule has 0 spiro atoms. The van der Waals surface area contributed by atoms with Crippen LogP contribution in [0.15, 0.2) is 17.8 Å². The van der Waals surface area contributed by atoms with Gasteiger partial charge in [-0.05, 0) is 31.6 Å². The van der Waals surface area contributed by atoms with Crippen LogP contribution in [0.2, 0.25) is 0 Å². The molecule has 2 atom stereocenters. The molecule has 2 aromatic rings. The maximum absolute atomic E-state index is 12.9. The molecule has 2 aliphatic rings. The minimum Gasteiger partial charge on any atom is -0.356 e. The summed E-state index contributed by atoms with van der Waals surface area (Å²) in [6, 6.07) is 2.02. The first kappa shape index (κ1) is 19.4. The molecule has 0 N–H and O–H groups in total. The smallest absolute Gasteiger partial charge is 0.356 e. The minimum atomic E-state index is -4.38. The van der Waals surface area contributed by atoms with Crippen LogP contribution in [0.3, 0.4) is 0 Å². The zero-order valence-electron chi connectivity index (χ0n) is 15.8. The Balaban J connectivity index is 1.49. The molecule has 152 valence electrons. The highest BCUT2D eigenvalue weighted by Crippen LogP contribution is 2.36. The van der Waals surface area contributed by atoms with Crippen molar-refractivity contribution in [3.05, 3.63) is 28.5 Å². The number of piperidine rings is 2. The summed E-state index contributed by atoms with van der Waals surface area (Å²) in [5.41, 5.74) is -0.784. The quantitative estimate of drug-likeness (QED) is 0.740. The summed E-state index contributed by atoms with van der Waals surface area (Å²) in [7, 11) is 0. The van der Waals surface area contributed by atoms with Gasteiger partial charge in [-0.3, -0.25) is 0 Å². The van der Waals surface area contributed by atoms with Crippen molar-refractivity contribution in [2.24, 2.45) is 5.92 Å². The lowest BCUT2D eigenvalue weighted by atomic mass is 9.98. The lowest BCUT2D eigenvalue weighted by molar-refractivity contribution is -0.140. The van der Waals surface area contributed by atoms with Crippen LogP contribution in [0.4, 0.5) is 24.8 Å². The molecule has 2 fully saturated rings. The molecule has 0 aliphatic carbocycles. The van der Waals surface area contributed by atoms with Gasteiger partial charge in [-0.2, -0.15) is 13.2 Å². The topological polar surface area (TPSA) is 45.2 Å². The monoisotopic (exact) mass is 411 g/mol.